The van der Waals surface area contributed by atoms with Crippen molar-refractivity contribution >= 4 is 11.9 Å². The number of carbonyl (C=O) groups is 2. The number of carboxylic acids is 1. The molecular formula is C15H15F2N3O4. The lowest BCUT2D eigenvalue weighted by atomic mass is 10.0. The van der Waals surface area contributed by atoms with Crippen LogP contribution < -0.4 is 10.1 Å². The van der Waals surface area contributed by atoms with E-state index < -0.39 is 35.1 Å². The lowest BCUT2D eigenvalue weighted by Gasteiger charge is -2.16. The molecule has 0 spiro atoms. The highest BCUT2D eigenvalue weighted by Crippen LogP contribution is 2.24. The van der Waals surface area contributed by atoms with Crippen molar-refractivity contribution in [3.8, 4) is 5.75 Å². The van der Waals surface area contributed by atoms with Crippen molar-refractivity contribution in [2.75, 3.05) is 7.11 Å². The quantitative estimate of drug-likeness (QED) is 0.771. The van der Waals surface area contributed by atoms with Crippen LogP contribution in [-0.4, -0.2) is 34.3 Å². The number of nitrogens with zero attached hydrogens (tertiary/aromatic N) is 1. The monoisotopic (exact) mass is 339 g/mol. The molecule has 0 unspecified atom stereocenters. The Bertz CT molecular complexity index is 785. The number of nitrogens with one attached hydrogen (secondary N) is 2. The first-order chi connectivity index (χ1) is 11.3. The molecule has 0 saturated carbocycles. The summed E-state index contributed by atoms with van der Waals surface area (Å²) in [6, 6.07) is 0.638. The van der Waals surface area contributed by atoms with Gasteiger partial charge in [-0.25, -0.2) is 9.18 Å². The van der Waals surface area contributed by atoms with Crippen LogP contribution in [0.4, 0.5) is 8.78 Å². The summed E-state index contributed by atoms with van der Waals surface area (Å²) in [6.07, 6.45) is 0. The maximum Gasteiger partial charge on any atom is 0.331 e. The van der Waals surface area contributed by atoms with Gasteiger partial charge in [0.1, 0.15) is 0 Å². The zero-order chi connectivity index (χ0) is 18.0. The van der Waals surface area contributed by atoms with Crippen LogP contribution >= 0.6 is 0 Å². The summed E-state index contributed by atoms with van der Waals surface area (Å²) in [4.78, 5) is 23.7. The molecule has 24 heavy (non-hydrogen) atoms. The van der Waals surface area contributed by atoms with Gasteiger partial charge in [-0.2, -0.15) is 9.49 Å². The number of carbonyl (C=O) groups excluding carboxylic acids is 1. The summed E-state index contributed by atoms with van der Waals surface area (Å²) < 4.78 is 32.3. The molecule has 1 amide bonds. The molecular weight excluding hydrogens is 324 g/mol. The molecule has 7 nitrogen and oxygen atoms in total. The highest BCUT2D eigenvalue weighted by Gasteiger charge is 2.29. The minimum Gasteiger partial charge on any atom is -0.494 e. The Kier molecular flexibility index (Phi) is 4.82. The van der Waals surface area contributed by atoms with E-state index in [1.807, 2.05) is 0 Å². The second kappa shape index (κ2) is 6.65. The minimum atomic E-state index is -1.46. The van der Waals surface area contributed by atoms with E-state index >= 15 is 0 Å². The van der Waals surface area contributed by atoms with Gasteiger partial charge in [-0.05, 0) is 26.0 Å². The number of rotatable bonds is 5. The molecule has 1 aromatic carbocycles. The number of aliphatic carboxylic acids is 1. The van der Waals surface area contributed by atoms with Crippen molar-refractivity contribution in [1.29, 1.82) is 0 Å². The number of hydrogen-bond acceptors (Lipinski definition) is 4. The van der Waals surface area contributed by atoms with Crippen molar-refractivity contribution < 1.29 is 28.2 Å². The summed E-state index contributed by atoms with van der Waals surface area (Å²) in [5, 5.41) is 18.0. The van der Waals surface area contributed by atoms with Gasteiger partial charge in [0.05, 0.1) is 18.4 Å². The molecule has 1 aromatic heterocycles. The SMILES string of the molecule is COc1ccc(C(=O)N[C@H](C(=O)O)c2c(C)n[nH]c2C)c(F)c1F. The fraction of sp³-hybridized carbons (Fsp3) is 0.267. The van der Waals surface area contributed by atoms with Crippen LogP contribution in [0.1, 0.15) is 33.4 Å². The Morgan fingerprint density at radius 3 is 2.46 bits per heavy atom. The third-order valence-corrected chi connectivity index (χ3v) is 3.51. The molecule has 1 heterocycles. The number of aryl methyl sites for hydroxylation is 2. The smallest absolute Gasteiger partial charge is 0.331 e. The van der Waals surface area contributed by atoms with Gasteiger partial charge in [0.15, 0.2) is 17.6 Å². The van der Waals surface area contributed by atoms with Crippen molar-refractivity contribution in [3.05, 3.63) is 46.3 Å². The largest absolute Gasteiger partial charge is 0.494 e. The number of halogens is 2. The molecule has 2 aromatic rings. The maximum atomic E-state index is 14.0. The molecule has 0 bridgehead atoms. The zero-order valence-electron chi connectivity index (χ0n) is 13.1. The van der Waals surface area contributed by atoms with E-state index in [1.165, 1.54) is 0 Å². The van der Waals surface area contributed by atoms with Crippen LogP contribution in [0.3, 0.4) is 0 Å². The van der Waals surface area contributed by atoms with E-state index in [-0.39, 0.29) is 11.3 Å². The fourth-order valence-electron chi connectivity index (χ4n) is 2.32. The van der Waals surface area contributed by atoms with Crippen LogP contribution in [-0.2, 0) is 4.79 Å². The Morgan fingerprint density at radius 2 is 1.96 bits per heavy atom. The zero-order valence-corrected chi connectivity index (χ0v) is 13.1. The third kappa shape index (κ3) is 3.05. The van der Waals surface area contributed by atoms with Crippen LogP contribution in [0.15, 0.2) is 12.1 Å². The maximum absolute atomic E-state index is 14.0. The predicted molar refractivity (Wildman–Crippen MR) is 78.8 cm³/mol. The van der Waals surface area contributed by atoms with E-state index in [0.717, 1.165) is 19.2 Å². The van der Waals surface area contributed by atoms with Crippen molar-refractivity contribution in [2.24, 2.45) is 0 Å². The summed E-state index contributed by atoms with van der Waals surface area (Å²) in [7, 11) is 1.16. The Labute approximate surface area is 135 Å². The molecule has 128 valence electrons. The second-order valence-electron chi connectivity index (χ2n) is 5.04. The summed E-state index contributed by atoms with van der Waals surface area (Å²) in [5.41, 5.74) is 0.451. The molecule has 9 heteroatoms. The molecule has 0 aliphatic rings. The molecule has 0 aliphatic carbocycles. The molecule has 0 aliphatic heterocycles. The van der Waals surface area contributed by atoms with Crippen molar-refractivity contribution in [3.63, 3.8) is 0 Å². The number of H-pyrrole nitrogens is 1. The molecule has 0 saturated heterocycles. The predicted octanol–water partition coefficient (Wildman–Crippen LogP) is 1.87. The van der Waals surface area contributed by atoms with Crippen LogP contribution in [0.25, 0.3) is 0 Å². The van der Waals surface area contributed by atoms with Crippen LogP contribution in [0, 0.1) is 25.5 Å². The first-order valence-corrected chi connectivity index (χ1v) is 6.85. The van der Waals surface area contributed by atoms with Crippen molar-refractivity contribution in [2.45, 2.75) is 19.9 Å². The van der Waals surface area contributed by atoms with Gasteiger partial charge in [0, 0.05) is 11.3 Å². The number of hydrogen-bond donors (Lipinski definition) is 3. The number of methoxy groups -OCH3 is 1. The number of ether oxygens (including phenoxy) is 1. The number of amides is 1. The molecule has 3 N–H and O–H groups in total. The number of aromatic nitrogens is 2. The topological polar surface area (TPSA) is 104 Å². The van der Waals surface area contributed by atoms with Gasteiger partial charge in [-0.15, -0.1) is 0 Å². The highest BCUT2D eigenvalue weighted by molar-refractivity contribution is 5.97. The Morgan fingerprint density at radius 1 is 1.29 bits per heavy atom. The van der Waals surface area contributed by atoms with Gasteiger partial charge < -0.3 is 15.2 Å². The van der Waals surface area contributed by atoms with E-state index in [1.54, 1.807) is 13.8 Å². The lowest BCUT2D eigenvalue weighted by molar-refractivity contribution is -0.139. The van der Waals surface area contributed by atoms with E-state index in [2.05, 4.69) is 20.3 Å². The normalized spacial score (nSPS) is 11.9. The standard InChI is InChI=1S/C15H15F2N3O4/c1-6-10(7(2)20-19-6)13(15(22)23)18-14(21)8-4-5-9(24-3)12(17)11(8)16/h4-5,13H,1-3H3,(H,18,21)(H,19,20)(H,22,23)/t13-/m0/s1. The average molecular weight is 339 g/mol. The fourth-order valence-corrected chi connectivity index (χ4v) is 2.32. The average Bonchev–Trinajstić information content (AvgIpc) is 2.86. The van der Waals surface area contributed by atoms with Crippen LogP contribution in [0.2, 0.25) is 0 Å². The van der Waals surface area contributed by atoms with E-state index in [9.17, 15) is 23.5 Å². The summed E-state index contributed by atoms with van der Waals surface area (Å²) in [6.45, 7) is 3.15. The highest BCUT2D eigenvalue weighted by atomic mass is 19.2. The third-order valence-electron chi connectivity index (χ3n) is 3.51. The number of benzene rings is 1. The van der Waals surface area contributed by atoms with E-state index in [0.29, 0.717) is 11.4 Å². The first kappa shape index (κ1) is 17.4. The number of aromatic amines is 1. The minimum absolute atomic E-state index is 0.255. The van der Waals surface area contributed by atoms with Gasteiger partial charge in [-0.1, -0.05) is 0 Å². The summed E-state index contributed by atoms with van der Waals surface area (Å²) >= 11 is 0. The van der Waals surface area contributed by atoms with E-state index in [4.69, 9.17) is 0 Å². The van der Waals surface area contributed by atoms with Crippen LogP contribution in [0.5, 0.6) is 5.75 Å². The first-order valence-electron chi connectivity index (χ1n) is 6.85. The summed E-state index contributed by atoms with van der Waals surface area (Å²) in [5.74, 6) is -5.53. The number of carboxylic acid groups (broad SMARTS) is 1. The Balaban J connectivity index is 2.37. The molecule has 0 fully saturated rings. The molecule has 2 rings (SSSR count). The van der Waals surface area contributed by atoms with Gasteiger partial charge >= 0.3 is 5.97 Å². The molecule has 0 radical (unpaired) electrons. The van der Waals surface area contributed by atoms with Gasteiger partial charge in [0.25, 0.3) is 5.91 Å². The lowest BCUT2D eigenvalue weighted by Crippen LogP contribution is -2.35. The van der Waals surface area contributed by atoms with Gasteiger partial charge in [-0.3, -0.25) is 9.89 Å². The van der Waals surface area contributed by atoms with Crippen molar-refractivity contribution in [1.82, 2.24) is 15.5 Å². The van der Waals surface area contributed by atoms with Gasteiger partial charge in [0.2, 0.25) is 5.82 Å². The molecule has 1 atom stereocenters. The Hall–Kier alpha value is -2.97. The second-order valence-corrected chi connectivity index (χ2v) is 5.04.